The molecule has 5 aliphatic carbocycles. The zero-order chi connectivity index (χ0) is 28.8. The maximum Gasteiger partial charge on any atom is 0.309 e. The number of aliphatic carboxylic acids is 1. The van der Waals surface area contributed by atoms with Crippen molar-refractivity contribution in [1.82, 2.24) is 5.43 Å². The smallest absolute Gasteiger partial charge is 0.309 e. The van der Waals surface area contributed by atoms with Crippen molar-refractivity contribution in [2.24, 2.45) is 38.1 Å². The minimum absolute atomic E-state index is 0.0599. The average Bonchev–Trinajstić information content (AvgIpc) is 2.86. The van der Waals surface area contributed by atoms with Crippen molar-refractivity contribution < 1.29 is 24.2 Å². The molecule has 7 heteroatoms. The zero-order valence-corrected chi connectivity index (χ0v) is 24.8. The lowest BCUT2D eigenvalue weighted by molar-refractivity contribution is -0.178. The first-order valence-corrected chi connectivity index (χ1v) is 14.3. The van der Waals surface area contributed by atoms with Gasteiger partial charge in [-0.3, -0.25) is 14.4 Å². The third-order valence-electron chi connectivity index (χ3n) is 12.3. The molecule has 0 saturated heterocycles. The lowest BCUT2D eigenvalue weighted by Crippen LogP contribution is -2.62. The van der Waals surface area contributed by atoms with Gasteiger partial charge in [-0.25, -0.2) is 5.43 Å². The lowest BCUT2D eigenvalue weighted by Gasteiger charge is -2.70. The number of methoxy groups -OCH3 is 1. The Hall–Kier alpha value is -2.54. The molecule has 0 heterocycles. The van der Waals surface area contributed by atoms with E-state index in [0.717, 1.165) is 49.7 Å². The number of hydrogen-bond acceptors (Lipinski definition) is 5. The largest absolute Gasteiger partial charge is 0.481 e. The zero-order valence-electron chi connectivity index (χ0n) is 24.8. The number of carbonyl (C=O) groups excluding carboxylic acids is 2. The van der Waals surface area contributed by atoms with E-state index in [1.807, 2.05) is 13.8 Å². The van der Waals surface area contributed by atoms with Crippen LogP contribution in [-0.4, -0.2) is 41.2 Å². The van der Waals surface area contributed by atoms with Crippen LogP contribution in [0.1, 0.15) is 93.4 Å². The first-order valence-electron chi connectivity index (χ1n) is 14.3. The van der Waals surface area contributed by atoms with Gasteiger partial charge in [-0.2, -0.15) is 5.10 Å². The molecule has 5 rings (SSSR count). The number of nitrogens with one attached hydrogen (secondary N) is 1. The van der Waals surface area contributed by atoms with Crippen LogP contribution in [0.2, 0.25) is 0 Å². The Morgan fingerprint density at radius 3 is 2.26 bits per heavy atom. The van der Waals surface area contributed by atoms with Crippen molar-refractivity contribution in [2.45, 2.75) is 99.0 Å². The van der Waals surface area contributed by atoms with E-state index >= 15 is 0 Å². The number of ether oxygens (including phenoxy) is 1. The van der Waals surface area contributed by atoms with E-state index in [-0.39, 0.29) is 39.1 Å². The predicted molar refractivity (Wildman–Crippen MR) is 150 cm³/mol. The molecule has 0 radical (unpaired) electrons. The van der Waals surface area contributed by atoms with E-state index < -0.39 is 17.0 Å². The van der Waals surface area contributed by atoms with E-state index in [4.69, 9.17) is 4.74 Å². The van der Waals surface area contributed by atoms with Crippen LogP contribution >= 0.6 is 0 Å². The van der Waals surface area contributed by atoms with Crippen molar-refractivity contribution >= 4 is 23.4 Å². The van der Waals surface area contributed by atoms with Crippen LogP contribution in [0.25, 0.3) is 0 Å². The van der Waals surface area contributed by atoms with Crippen molar-refractivity contribution in [2.75, 3.05) is 7.11 Å². The monoisotopic (exact) mass is 536 g/mol. The fraction of sp³-hybridized carbons (Fsp3) is 0.688. The van der Waals surface area contributed by atoms with Gasteiger partial charge in [-0.1, -0.05) is 45.4 Å². The molecular weight excluding hydrogens is 492 g/mol. The van der Waals surface area contributed by atoms with Gasteiger partial charge in [0.1, 0.15) is 11.3 Å². The SMILES string of the molecule is CO[C@@]1(C)C2=CC=C3[C@@](C)(CC[C@@]4(C)[C@@H]5C[C@](C)(C(=O)O)CC[C@]5(C)CC[C@]34C)C2=CC(=O)C1=NNC(C)=O. The molecule has 0 spiro atoms. The summed E-state index contributed by atoms with van der Waals surface area (Å²) in [6.07, 6.45) is 12.4. The third kappa shape index (κ3) is 3.57. The van der Waals surface area contributed by atoms with Crippen LogP contribution in [0, 0.1) is 33.0 Å². The number of nitrogens with zero attached hydrogens (tertiary/aromatic N) is 1. The molecule has 0 aromatic carbocycles. The van der Waals surface area contributed by atoms with Crippen LogP contribution < -0.4 is 5.43 Å². The Balaban J connectivity index is 1.64. The first-order chi connectivity index (χ1) is 18.0. The highest BCUT2D eigenvalue weighted by atomic mass is 16.5. The van der Waals surface area contributed by atoms with E-state index in [1.165, 1.54) is 12.5 Å². The predicted octanol–water partition coefficient (Wildman–Crippen LogP) is 5.76. The number of rotatable bonds is 3. The standard InChI is InChI=1S/C32H44N2O5/c1-19(35)33-34-25-22(36)17-21-20(32(25,7)39-8)9-10-23-29(21,4)14-16-31(6)24-18-28(3,26(37)38)12-11-27(24,2)13-15-30(23,31)5/h9-10,17,24H,11-16,18H2,1-8H3,(H,33,35)(H,37,38)/t24-,27-,28-,29+,30-,31+,32+/m1/s1. The third-order valence-corrected chi connectivity index (χ3v) is 12.3. The molecule has 3 fully saturated rings. The number of amides is 1. The lowest BCUT2D eigenvalue weighted by atomic mass is 9.34. The van der Waals surface area contributed by atoms with Crippen LogP contribution in [0.15, 0.2) is 40.0 Å². The molecule has 0 bridgehead atoms. The number of ketones is 1. The highest BCUT2D eigenvalue weighted by molar-refractivity contribution is 6.49. The fourth-order valence-electron chi connectivity index (χ4n) is 9.29. The molecule has 2 N–H and O–H groups in total. The average molecular weight is 537 g/mol. The van der Waals surface area contributed by atoms with E-state index in [1.54, 1.807) is 13.2 Å². The van der Waals surface area contributed by atoms with Crippen LogP contribution in [0.4, 0.5) is 0 Å². The van der Waals surface area contributed by atoms with Gasteiger partial charge in [0.25, 0.3) is 0 Å². The number of hydrogen-bond donors (Lipinski definition) is 2. The van der Waals surface area contributed by atoms with Gasteiger partial charge in [0.15, 0.2) is 0 Å². The summed E-state index contributed by atoms with van der Waals surface area (Å²) in [5, 5.41) is 14.3. The van der Waals surface area contributed by atoms with Gasteiger partial charge in [0.05, 0.1) is 5.41 Å². The number of carboxylic acids is 1. The van der Waals surface area contributed by atoms with Crippen molar-refractivity contribution in [3.05, 3.63) is 34.9 Å². The number of hydrazone groups is 1. The molecule has 0 unspecified atom stereocenters. The molecule has 0 aliphatic heterocycles. The Kier molecular flexibility index (Phi) is 6.09. The van der Waals surface area contributed by atoms with Gasteiger partial charge in [0.2, 0.25) is 11.7 Å². The summed E-state index contributed by atoms with van der Waals surface area (Å²) in [6, 6.07) is 0. The second-order valence-corrected chi connectivity index (χ2v) is 14.3. The number of carboxylic acid groups (broad SMARTS) is 1. The van der Waals surface area contributed by atoms with E-state index in [0.29, 0.717) is 12.3 Å². The summed E-state index contributed by atoms with van der Waals surface area (Å²) in [6.45, 7) is 14.6. The topological polar surface area (TPSA) is 105 Å². The number of fused-ring (bicyclic) bond motifs is 7. The maximum atomic E-state index is 13.5. The summed E-state index contributed by atoms with van der Waals surface area (Å²) in [4.78, 5) is 37.4. The first kappa shape index (κ1) is 28.0. The molecule has 1 amide bonds. The van der Waals surface area contributed by atoms with E-state index in [9.17, 15) is 19.5 Å². The van der Waals surface area contributed by atoms with E-state index in [2.05, 4.69) is 50.4 Å². The molecule has 7 nitrogen and oxygen atoms in total. The Morgan fingerprint density at radius 1 is 0.974 bits per heavy atom. The quantitative estimate of drug-likeness (QED) is 0.446. The molecule has 5 aliphatic rings. The van der Waals surface area contributed by atoms with Gasteiger partial charge in [-0.15, -0.1) is 0 Å². The highest BCUT2D eigenvalue weighted by Crippen LogP contribution is 2.75. The van der Waals surface area contributed by atoms with Crippen molar-refractivity contribution in [3.63, 3.8) is 0 Å². The van der Waals surface area contributed by atoms with Gasteiger partial charge < -0.3 is 9.84 Å². The van der Waals surface area contributed by atoms with Gasteiger partial charge >= 0.3 is 5.97 Å². The molecule has 7 atom stereocenters. The summed E-state index contributed by atoms with van der Waals surface area (Å²) in [5.74, 6) is -0.966. The normalized spacial score (nSPS) is 46.1. The van der Waals surface area contributed by atoms with Crippen molar-refractivity contribution in [1.29, 1.82) is 0 Å². The van der Waals surface area contributed by atoms with Crippen LogP contribution in [0.5, 0.6) is 0 Å². The summed E-state index contributed by atoms with van der Waals surface area (Å²) < 4.78 is 5.97. The highest BCUT2D eigenvalue weighted by Gasteiger charge is 2.67. The number of allylic oxidation sites excluding steroid dienone is 4. The second kappa shape index (κ2) is 8.48. The minimum atomic E-state index is -1.09. The van der Waals surface area contributed by atoms with Crippen molar-refractivity contribution in [3.8, 4) is 0 Å². The summed E-state index contributed by atoms with van der Waals surface area (Å²) in [5.41, 5.74) is 3.63. The summed E-state index contributed by atoms with van der Waals surface area (Å²) >= 11 is 0. The minimum Gasteiger partial charge on any atom is -0.481 e. The maximum absolute atomic E-state index is 13.5. The van der Waals surface area contributed by atoms with Gasteiger partial charge in [0, 0.05) is 19.4 Å². The molecular formula is C32H44N2O5. The Labute approximate surface area is 232 Å². The summed E-state index contributed by atoms with van der Waals surface area (Å²) in [7, 11) is 1.58. The molecule has 212 valence electrons. The second-order valence-electron chi connectivity index (χ2n) is 14.3. The molecule has 0 aromatic rings. The Bertz CT molecular complexity index is 1290. The van der Waals surface area contributed by atoms with Crippen LogP contribution in [-0.2, 0) is 19.1 Å². The van der Waals surface area contributed by atoms with Gasteiger partial charge in [-0.05, 0) is 98.2 Å². The molecule has 0 aromatic heterocycles. The molecule has 3 saturated carbocycles. The Morgan fingerprint density at radius 2 is 1.64 bits per heavy atom. The van der Waals surface area contributed by atoms with Crippen LogP contribution in [0.3, 0.4) is 0 Å². The molecule has 39 heavy (non-hydrogen) atoms. The fourth-order valence-corrected chi connectivity index (χ4v) is 9.29. The number of carbonyl (C=O) groups is 3.